The molecule has 1 aromatic carbocycles. The zero-order chi connectivity index (χ0) is 11.7. The molecule has 3 nitrogen and oxygen atoms in total. The lowest BCUT2D eigenvalue weighted by Gasteiger charge is -2.30. The molecule has 1 amide bonds. The summed E-state index contributed by atoms with van der Waals surface area (Å²) < 4.78 is 0. The Bertz CT molecular complexity index is 424. The van der Waals surface area contributed by atoms with Gasteiger partial charge >= 0.3 is 0 Å². The molecule has 0 spiro atoms. The Morgan fingerprint density at radius 2 is 2.29 bits per heavy atom. The van der Waals surface area contributed by atoms with Gasteiger partial charge in [-0.3, -0.25) is 4.79 Å². The summed E-state index contributed by atoms with van der Waals surface area (Å²) in [5.74, 6) is 0.698. The average molecular weight is 230 g/mol. The SMILES string of the molecule is O=C(NCC1Cc2ccccc21)C1CCCN1. The van der Waals surface area contributed by atoms with Gasteiger partial charge in [0.15, 0.2) is 0 Å². The second kappa shape index (κ2) is 4.49. The first kappa shape index (κ1) is 10.8. The highest BCUT2D eigenvalue weighted by Crippen LogP contribution is 2.33. The molecule has 3 heteroatoms. The fourth-order valence-electron chi connectivity index (χ4n) is 2.80. The van der Waals surface area contributed by atoms with Gasteiger partial charge < -0.3 is 10.6 Å². The second-order valence-electron chi connectivity index (χ2n) is 4.99. The van der Waals surface area contributed by atoms with E-state index in [1.165, 1.54) is 11.1 Å². The van der Waals surface area contributed by atoms with Crippen LogP contribution in [0, 0.1) is 0 Å². The summed E-state index contributed by atoms with van der Waals surface area (Å²) in [5.41, 5.74) is 2.85. The molecule has 3 rings (SSSR count). The van der Waals surface area contributed by atoms with Crippen molar-refractivity contribution in [2.24, 2.45) is 0 Å². The number of hydrogen-bond acceptors (Lipinski definition) is 2. The Kier molecular flexibility index (Phi) is 2.85. The van der Waals surface area contributed by atoms with Gasteiger partial charge in [0.2, 0.25) is 5.91 Å². The van der Waals surface area contributed by atoms with Crippen molar-refractivity contribution in [3.63, 3.8) is 0 Å². The highest BCUT2D eigenvalue weighted by Gasteiger charge is 2.27. The topological polar surface area (TPSA) is 41.1 Å². The van der Waals surface area contributed by atoms with Crippen LogP contribution in [-0.2, 0) is 11.2 Å². The van der Waals surface area contributed by atoms with Gasteiger partial charge in [0.25, 0.3) is 0 Å². The number of fused-ring (bicyclic) bond motifs is 1. The number of rotatable bonds is 3. The number of amides is 1. The van der Waals surface area contributed by atoms with Crippen LogP contribution >= 0.6 is 0 Å². The van der Waals surface area contributed by atoms with Gasteiger partial charge in [0.05, 0.1) is 6.04 Å². The maximum atomic E-state index is 11.8. The number of hydrogen-bond donors (Lipinski definition) is 2. The smallest absolute Gasteiger partial charge is 0.237 e. The third kappa shape index (κ3) is 2.07. The molecule has 2 atom stereocenters. The van der Waals surface area contributed by atoms with Gasteiger partial charge in [-0.05, 0) is 36.9 Å². The predicted molar refractivity (Wildman–Crippen MR) is 66.9 cm³/mol. The summed E-state index contributed by atoms with van der Waals surface area (Å²) in [6.45, 7) is 1.76. The van der Waals surface area contributed by atoms with Crippen molar-refractivity contribution >= 4 is 5.91 Å². The van der Waals surface area contributed by atoms with Crippen LogP contribution in [0.5, 0.6) is 0 Å². The van der Waals surface area contributed by atoms with Gasteiger partial charge in [0.1, 0.15) is 0 Å². The van der Waals surface area contributed by atoms with Crippen molar-refractivity contribution in [1.82, 2.24) is 10.6 Å². The summed E-state index contributed by atoms with van der Waals surface area (Å²) >= 11 is 0. The van der Waals surface area contributed by atoms with Crippen molar-refractivity contribution in [3.05, 3.63) is 35.4 Å². The molecule has 1 heterocycles. The molecule has 2 unspecified atom stereocenters. The zero-order valence-electron chi connectivity index (χ0n) is 9.91. The van der Waals surface area contributed by atoms with Crippen LogP contribution in [-0.4, -0.2) is 25.0 Å². The van der Waals surface area contributed by atoms with Crippen LogP contribution in [0.15, 0.2) is 24.3 Å². The van der Waals surface area contributed by atoms with E-state index in [0.29, 0.717) is 5.92 Å². The first-order valence-electron chi connectivity index (χ1n) is 6.43. The quantitative estimate of drug-likeness (QED) is 0.819. The van der Waals surface area contributed by atoms with Gasteiger partial charge in [-0.25, -0.2) is 0 Å². The first-order valence-corrected chi connectivity index (χ1v) is 6.43. The number of nitrogens with one attached hydrogen (secondary N) is 2. The Morgan fingerprint density at radius 3 is 3.06 bits per heavy atom. The zero-order valence-corrected chi connectivity index (χ0v) is 9.91. The van der Waals surface area contributed by atoms with Crippen LogP contribution in [0.3, 0.4) is 0 Å². The molecule has 0 aromatic heterocycles. The van der Waals surface area contributed by atoms with Gasteiger partial charge in [-0.1, -0.05) is 24.3 Å². The monoisotopic (exact) mass is 230 g/mol. The first-order chi connectivity index (χ1) is 8.34. The van der Waals surface area contributed by atoms with Crippen molar-refractivity contribution in [2.75, 3.05) is 13.1 Å². The van der Waals surface area contributed by atoms with E-state index in [0.717, 1.165) is 32.4 Å². The van der Waals surface area contributed by atoms with E-state index < -0.39 is 0 Å². The van der Waals surface area contributed by atoms with E-state index in [4.69, 9.17) is 0 Å². The molecule has 2 N–H and O–H groups in total. The fraction of sp³-hybridized carbons (Fsp3) is 0.500. The molecular formula is C14H18N2O. The van der Waals surface area contributed by atoms with Crippen LogP contribution in [0.1, 0.15) is 29.9 Å². The largest absolute Gasteiger partial charge is 0.354 e. The van der Waals surface area contributed by atoms with Crippen molar-refractivity contribution < 1.29 is 4.79 Å². The summed E-state index contributed by atoms with van der Waals surface area (Å²) in [6, 6.07) is 8.54. The average Bonchev–Trinajstić information content (AvgIpc) is 2.83. The number of benzene rings is 1. The lowest BCUT2D eigenvalue weighted by Crippen LogP contribution is -2.43. The molecule has 1 aliphatic carbocycles. The molecule has 0 bridgehead atoms. The Hall–Kier alpha value is -1.35. The Balaban J connectivity index is 1.51. The summed E-state index contributed by atoms with van der Waals surface area (Å²) in [6.07, 6.45) is 3.20. The van der Waals surface area contributed by atoms with E-state index in [1.54, 1.807) is 0 Å². The molecule has 1 fully saturated rings. The Morgan fingerprint density at radius 1 is 1.41 bits per heavy atom. The van der Waals surface area contributed by atoms with Gasteiger partial charge in [-0.15, -0.1) is 0 Å². The normalized spacial score (nSPS) is 26.1. The maximum absolute atomic E-state index is 11.8. The van der Waals surface area contributed by atoms with E-state index >= 15 is 0 Å². The fourth-order valence-corrected chi connectivity index (χ4v) is 2.80. The highest BCUT2D eigenvalue weighted by molar-refractivity contribution is 5.82. The maximum Gasteiger partial charge on any atom is 0.237 e. The molecular weight excluding hydrogens is 212 g/mol. The molecule has 2 aliphatic rings. The Labute approximate surface area is 102 Å². The van der Waals surface area contributed by atoms with E-state index in [9.17, 15) is 4.79 Å². The molecule has 1 aromatic rings. The summed E-state index contributed by atoms with van der Waals surface area (Å²) in [7, 11) is 0. The van der Waals surface area contributed by atoms with Gasteiger partial charge in [0, 0.05) is 12.5 Å². The van der Waals surface area contributed by atoms with Crippen LogP contribution in [0.4, 0.5) is 0 Å². The lowest BCUT2D eigenvalue weighted by atomic mass is 9.77. The molecule has 0 saturated carbocycles. The van der Waals surface area contributed by atoms with Crippen LogP contribution in [0.2, 0.25) is 0 Å². The van der Waals surface area contributed by atoms with Gasteiger partial charge in [-0.2, -0.15) is 0 Å². The minimum absolute atomic E-state index is 0.0466. The third-order valence-corrected chi connectivity index (χ3v) is 3.86. The second-order valence-corrected chi connectivity index (χ2v) is 4.99. The summed E-state index contributed by atoms with van der Waals surface area (Å²) in [5, 5.41) is 6.29. The molecule has 0 radical (unpaired) electrons. The highest BCUT2D eigenvalue weighted by atomic mass is 16.2. The van der Waals surface area contributed by atoms with E-state index in [-0.39, 0.29) is 11.9 Å². The van der Waals surface area contributed by atoms with Crippen molar-refractivity contribution in [3.8, 4) is 0 Å². The standard InChI is InChI=1S/C14H18N2O/c17-14(13-6-3-7-15-13)16-9-11-8-10-4-1-2-5-12(10)11/h1-2,4-5,11,13,15H,3,6-9H2,(H,16,17). The number of carbonyl (C=O) groups excluding carboxylic acids is 1. The molecule has 17 heavy (non-hydrogen) atoms. The van der Waals surface area contributed by atoms with E-state index in [1.807, 2.05) is 0 Å². The number of carbonyl (C=O) groups is 1. The molecule has 90 valence electrons. The van der Waals surface area contributed by atoms with Crippen LogP contribution in [0.25, 0.3) is 0 Å². The molecule has 1 saturated heterocycles. The summed E-state index contributed by atoms with van der Waals surface area (Å²) in [4.78, 5) is 11.8. The lowest BCUT2D eigenvalue weighted by molar-refractivity contribution is -0.122. The molecule has 1 aliphatic heterocycles. The predicted octanol–water partition coefficient (Wildman–Crippen LogP) is 1.19. The van der Waals surface area contributed by atoms with Crippen LogP contribution < -0.4 is 10.6 Å². The van der Waals surface area contributed by atoms with Crippen molar-refractivity contribution in [1.29, 1.82) is 0 Å². The van der Waals surface area contributed by atoms with E-state index in [2.05, 4.69) is 34.9 Å². The minimum Gasteiger partial charge on any atom is -0.354 e. The minimum atomic E-state index is 0.0466. The van der Waals surface area contributed by atoms with Crippen molar-refractivity contribution in [2.45, 2.75) is 31.2 Å². The third-order valence-electron chi connectivity index (χ3n) is 3.86.